The zero-order valence-corrected chi connectivity index (χ0v) is 15.2. The van der Waals surface area contributed by atoms with E-state index in [1.807, 2.05) is 6.07 Å². The molecule has 0 atom stereocenters. The summed E-state index contributed by atoms with van der Waals surface area (Å²) < 4.78 is 0.542. The lowest BCUT2D eigenvalue weighted by Crippen LogP contribution is -2.36. The molecule has 0 radical (unpaired) electrons. The lowest BCUT2D eigenvalue weighted by molar-refractivity contribution is -0.385. The SMILES string of the molecule is CCNCC1CCN(Cc2ccc(Br)c([N+](=O)[O-])c2)CC1.Cl. The zero-order chi connectivity index (χ0) is 15.2. The lowest BCUT2D eigenvalue weighted by atomic mass is 9.96. The Balaban J connectivity index is 0.00000242. The molecule has 1 heterocycles. The van der Waals surface area contributed by atoms with E-state index in [0.717, 1.165) is 44.2 Å². The first-order valence-corrected chi connectivity index (χ1v) is 8.25. The van der Waals surface area contributed by atoms with Gasteiger partial charge in [-0.25, -0.2) is 0 Å². The minimum atomic E-state index is -0.337. The first-order valence-electron chi connectivity index (χ1n) is 7.46. The van der Waals surface area contributed by atoms with Crippen molar-refractivity contribution in [1.82, 2.24) is 10.2 Å². The predicted molar refractivity (Wildman–Crippen MR) is 94.6 cm³/mol. The molecule has 1 aromatic carbocycles. The Kier molecular flexibility index (Phi) is 8.31. The van der Waals surface area contributed by atoms with Gasteiger partial charge >= 0.3 is 0 Å². The number of rotatable bonds is 6. The summed E-state index contributed by atoms with van der Waals surface area (Å²) in [5, 5.41) is 14.4. The average Bonchev–Trinajstić information content (AvgIpc) is 2.48. The van der Waals surface area contributed by atoms with E-state index in [0.29, 0.717) is 4.47 Å². The Labute approximate surface area is 146 Å². The van der Waals surface area contributed by atoms with Crippen molar-refractivity contribution in [3.63, 3.8) is 0 Å². The number of piperidine rings is 1. The summed E-state index contributed by atoms with van der Waals surface area (Å²) >= 11 is 3.23. The van der Waals surface area contributed by atoms with Crippen molar-refractivity contribution >= 4 is 34.0 Å². The van der Waals surface area contributed by atoms with Crippen molar-refractivity contribution in [3.8, 4) is 0 Å². The number of hydrogen-bond acceptors (Lipinski definition) is 4. The molecule has 0 aromatic heterocycles. The highest BCUT2D eigenvalue weighted by atomic mass is 79.9. The van der Waals surface area contributed by atoms with E-state index >= 15 is 0 Å². The lowest BCUT2D eigenvalue weighted by Gasteiger charge is -2.32. The summed E-state index contributed by atoms with van der Waals surface area (Å²) in [4.78, 5) is 13.0. The van der Waals surface area contributed by atoms with Gasteiger partial charge in [0.05, 0.1) is 9.40 Å². The van der Waals surface area contributed by atoms with Crippen LogP contribution < -0.4 is 5.32 Å². The number of benzene rings is 1. The minimum Gasteiger partial charge on any atom is -0.317 e. The van der Waals surface area contributed by atoms with Crippen LogP contribution in [0, 0.1) is 16.0 Å². The monoisotopic (exact) mass is 391 g/mol. The van der Waals surface area contributed by atoms with Crippen molar-refractivity contribution in [3.05, 3.63) is 38.3 Å². The van der Waals surface area contributed by atoms with Crippen molar-refractivity contribution in [2.45, 2.75) is 26.3 Å². The molecule has 1 aromatic rings. The molecule has 5 nitrogen and oxygen atoms in total. The molecule has 0 amide bonds. The molecule has 2 rings (SSSR count). The highest BCUT2D eigenvalue weighted by Crippen LogP contribution is 2.27. The number of nitrogens with zero attached hydrogens (tertiary/aromatic N) is 2. The molecule has 0 aliphatic carbocycles. The Morgan fingerprint density at radius 1 is 1.41 bits per heavy atom. The van der Waals surface area contributed by atoms with Gasteiger partial charge in [0.25, 0.3) is 5.69 Å². The third-order valence-electron chi connectivity index (χ3n) is 4.00. The average molecular weight is 393 g/mol. The van der Waals surface area contributed by atoms with Gasteiger partial charge in [-0.15, -0.1) is 12.4 Å². The summed E-state index contributed by atoms with van der Waals surface area (Å²) in [6.45, 7) is 7.20. The second kappa shape index (κ2) is 9.45. The van der Waals surface area contributed by atoms with Crippen LogP contribution >= 0.6 is 28.3 Å². The molecule has 0 unspecified atom stereocenters. The van der Waals surface area contributed by atoms with Crippen LogP contribution in [-0.4, -0.2) is 36.0 Å². The summed E-state index contributed by atoms with van der Waals surface area (Å²) in [7, 11) is 0. The first kappa shape index (κ1) is 19.4. The van der Waals surface area contributed by atoms with E-state index in [2.05, 4.69) is 33.1 Å². The number of likely N-dealkylation sites (tertiary alicyclic amines) is 1. The maximum Gasteiger partial charge on any atom is 0.283 e. The van der Waals surface area contributed by atoms with Crippen LogP contribution in [0.5, 0.6) is 0 Å². The standard InChI is InChI=1S/C15H22BrN3O2.ClH/c1-2-17-10-12-5-7-18(8-6-12)11-13-3-4-14(16)15(9-13)19(20)21;/h3-4,9,12,17H,2,5-8,10-11H2,1H3;1H. The smallest absolute Gasteiger partial charge is 0.283 e. The molecule has 7 heteroatoms. The third-order valence-corrected chi connectivity index (χ3v) is 4.67. The molecular formula is C15H23BrClN3O2. The van der Waals surface area contributed by atoms with Gasteiger partial charge in [-0.2, -0.15) is 0 Å². The fourth-order valence-corrected chi connectivity index (χ4v) is 3.14. The highest BCUT2D eigenvalue weighted by Gasteiger charge is 2.20. The van der Waals surface area contributed by atoms with Gasteiger partial charge in [0.1, 0.15) is 0 Å². The topological polar surface area (TPSA) is 58.4 Å². The van der Waals surface area contributed by atoms with Crippen LogP contribution in [0.1, 0.15) is 25.3 Å². The van der Waals surface area contributed by atoms with E-state index in [-0.39, 0.29) is 23.0 Å². The van der Waals surface area contributed by atoms with Crippen molar-refractivity contribution in [1.29, 1.82) is 0 Å². The van der Waals surface area contributed by atoms with Gasteiger partial charge in [-0.3, -0.25) is 15.0 Å². The third kappa shape index (κ3) is 5.50. The summed E-state index contributed by atoms with van der Waals surface area (Å²) in [5.74, 6) is 0.764. The Morgan fingerprint density at radius 3 is 2.68 bits per heavy atom. The van der Waals surface area contributed by atoms with Crippen LogP contribution in [0.25, 0.3) is 0 Å². The van der Waals surface area contributed by atoms with Crippen molar-refractivity contribution < 1.29 is 4.92 Å². The van der Waals surface area contributed by atoms with Crippen LogP contribution in [0.4, 0.5) is 5.69 Å². The van der Waals surface area contributed by atoms with Gasteiger partial charge in [0.15, 0.2) is 0 Å². The number of hydrogen-bond donors (Lipinski definition) is 1. The maximum absolute atomic E-state index is 11.0. The fourth-order valence-electron chi connectivity index (χ4n) is 2.75. The van der Waals surface area contributed by atoms with Gasteiger partial charge in [0.2, 0.25) is 0 Å². The van der Waals surface area contributed by atoms with Crippen LogP contribution in [0.2, 0.25) is 0 Å². The summed E-state index contributed by atoms with van der Waals surface area (Å²) in [6.07, 6.45) is 2.40. The van der Waals surface area contributed by atoms with Gasteiger partial charge < -0.3 is 5.32 Å². The maximum atomic E-state index is 11.0. The number of nitro groups is 1. The van der Waals surface area contributed by atoms with Gasteiger partial charge in [-0.1, -0.05) is 13.0 Å². The fraction of sp³-hybridized carbons (Fsp3) is 0.600. The summed E-state index contributed by atoms with van der Waals surface area (Å²) in [5.41, 5.74) is 1.16. The molecule has 1 fully saturated rings. The molecule has 0 saturated carbocycles. The molecular weight excluding hydrogens is 370 g/mol. The molecule has 0 spiro atoms. The Morgan fingerprint density at radius 2 is 2.09 bits per heavy atom. The number of halogens is 2. The number of nitrogens with one attached hydrogen (secondary N) is 1. The molecule has 1 aliphatic heterocycles. The van der Waals surface area contributed by atoms with E-state index in [1.54, 1.807) is 12.1 Å². The van der Waals surface area contributed by atoms with Crippen LogP contribution in [-0.2, 0) is 6.54 Å². The normalized spacial score (nSPS) is 16.3. The molecule has 0 bridgehead atoms. The Bertz CT molecular complexity index is 494. The van der Waals surface area contributed by atoms with E-state index in [1.165, 1.54) is 12.8 Å². The highest BCUT2D eigenvalue weighted by molar-refractivity contribution is 9.10. The molecule has 124 valence electrons. The van der Waals surface area contributed by atoms with E-state index < -0.39 is 0 Å². The minimum absolute atomic E-state index is 0. The molecule has 22 heavy (non-hydrogen) atoms. The second-order valence-corrected chi connectivity index (χ2v) is 6.42. The molecule has 1 aliphatic rings. The first-order chi connectivity index (χ1) is 10.1. The van der Waals surface area contributed by atoms with Crippen molar-refractivity contribution in [2.24, 2.45) is 5.92 Å². The van der Waals surface area contributed by atoms with Crippen molar-refractivity contribution in [2.75, 3.05) is 26.2 Å². The quantitative estimate of drug-likeness (QED) is 0.593. The molecule has 1 saturated heterocycles. The summed E-state index contributed by atoms with van der Waals surface area (Å²) in [6, 6.07) is 5.40. The number of nitro benzene ring substituents is 1. The van der Waals surface area contributed by atoms with Crippen LogP contribution in [0.15, 0.2) is 22.7 Å². The van der Waals surface area contributed by atoms with E-state index in [4.69, 9.17) is 0 Å². The Hall–Kier alpha value is -0.690. The van der Waals surface area contributed by atoms with Crippen LogP contribution in [0.3, 0.4) is 0 Å². The van der Waals surface area contributed by atoms with Gasteiger partial charge in [0, 0.05) is 12.6 Å². The van der Waals surface area contributed by atoms with E-state index in [9.17, 15) is 10.1 Å². The molecule has 1 N–H and O–H groups in total. The predicted octanol–water partition coefficient (Wildman–Crippen LogP) is 3.60. The largest absolute Gasteiger partial charge is 0.317 e. The second-order valence-electron chi connectivity index (χ2n) is 5.57. The zero-order valence-electron chi connectivity index (χ0n) is 12.8. The van der Waals surface area contributed by atoms with Gasteiger partial charge in [-0.05, 0) is 72.5 Å².